The number of fused-ring (bicyclic) bond motifs is 1. The van der Waals surface area contributed by atoms with E-state index in [1.807, 2.05) is 20.8 Å². The van der Waals surface area contributed by atoms with E-state index in [1.165, 1.54) is 6.92 Å². The van der Waals surface area contributed by atoms with E-state index in [4.69, 9.17) is 18.9 Å². The standard InChI is InChI=1S/C20H24O9/c1-7-12(22)26-10-6-17-9-5-8(16(2,3)4)18(17)11(21)13(23)28-15(18)29-20(17,14(24)27-9)19(7,10)25/h7-11,15,21,25H,5-6H2,1-4H3/t7-,8+,9-,10+,11+,15?,17-,18+,19-,20-/m1/s1. The molecule has 6 fully saturated rings. The predicted octanol–water partition coefficient (Wildman–Crippen LogP) is -0.340. The highest BCUT2D eigenvalue weighted by Gasteiger charge is 3.01. The molecule has 6 aliphatic rings. The highest BCUT2D eigenvalue weighted by molar-refractivity contribution is 5.93. The smallest absolute Gasteiger partial charge is 0.342 e. The van der Waals surface area contributed by atoms with E-state index in [0.717, 1.165) is 0 Å². The monoisotopic (exact) mass is 408 g/mol. The van der Waals surface area contributed by atoms with E-state index >= 15 is 0 Å². The molecule has 1 unspecified atom stereocenters. The molecule has 4 heterocycles. The summed E-state index contributed by atoms with van der Waals surface area (Å²) >= 11 is 0. The molecule has 2 N–H and O–H groups in total. The van der Waals surface area contributed by atoms with E-state index in [1.54, 1.807) is 0 Å². The highest BCUT2D eigenvalue weighted by Crippen LogP contribution is 2.84. The Balaban J connectivity index is 1.68. The average molecular weight is 408 g/mol. The maximum Gasteiger partial charge on any atom is 0.342 e. The van der Waals surface area contributed by atoms with Crippen LogP contribution in [0, 0.1) is 28.1 Å². The molecule has 6 rings (SSSR count). The number of carbonyl (C=O) groups excluding carboxylic acids is 3. The van der Waals surface area contributed by atoms with Gasteiger partial charge in [0.25, 0.3) is 0 Å². The highest BCUT2D eigenvalue weighted by atomic mass is 16.8. The summed E-state index contributed by atoms with van der Waals surface area (Å²) in [6.45, 7) is 7.47. The van der Waals surface area contributed by atoms with Crippen molar-refractivity contribution in [3.8, 4) is 0 Å². The van der Waals surface area contributed by atoms with Crippen molar-refractivity contribution >= 4 is 17.9 Å². The summed E-state index contributed by atoms with van der Waals surface area (Å²) in [5, 5.41) is 23.0. The topological polar surface area (TPSA) is 129 Å². The first-order valence-corrected chi connectivity index (χ1v) is 10.1. The minimum Gasteiger partial charge on any atom is -0.459 e. The normalized spacial score (nSPS) is 59.2. The Kier molecular flexibility index (Phi) is 2.79. The van der Waals surface area contributed by atoms with Crippen LogP contribution in [0.4, 0.5) is 0 Å². The minimum absolute atomic E-state index is 0.0623. The molecule has 0 radical (unpaired) electrons. The Morgan fingerprint density at radius 1 is 1.03 bits per heavy atom. The SMILES string of the molecule is C[C@@H]1C(=O)O[C@H]2C[C@@]34[C@H]5C[C@@H](C(C)(C)C)[C@]36C(OC(=O)[C@@H]6O)O[C@@]4(C(=O)O5)[C@]21O. The van der Waals surface area contributed by atoms with Crippen molar-refractivity contribution in [1.29, 1.82) is 0 Å². The molecule has 0 bridgehead atoms. The molecule has 10 atom stereocenters. The lowest BCUT2D eigenvalue weighted by Crippen LogP contribution is -2.66. The Labute approximate surface area is 166 Å². The maximum absolute atomic E-state index is 13.3. The largest absolute Gasteiger partial charge is 0.459 e. The third kappa shape index (κ3) is 1.35. The summed E-state index contributed by atoms with van der Waals surface area (Å²) in [4.78, 5) is 38.1. The fraction of sp³-hybridized carbons (Fsp3) is 0.850. The summed E-state index contributed by atoms with van der Waals surface area (Å²) in [6.07, 6.45) is -3.96. The number of esters is 3. The number of ether oxygens (including phenoxy) is 4. The lowest BCUT2D eigenvalue weighted by atomic mass is 9.51. The summed E-state index contributed by atoms with van der Waals surface area (Å²) in [5.74, 6) is -3.52. The van der Waals surface area contributed by atoms with Crippen LogP contribution in [0.1, 0.15) is 40.5 Å². The number of hydrogen-bond acceptors (Lipinski definition) is 9. The van der Waals surface area contributed by atoms with Gasteiger partial charge in [-0.05, 0) is 24.7 Å². The second kappa shape index (κ2) is 4.48. The van der Waals surface area contributed by atoms with Gasteiger partial charge in [-0.15, -0.1) is 0 Å². The van der Waals surface area contributed by atoms with Gasteiger partial charge in [-0.1, -0.05) is 20.8 Å². The Bertz CT molecular complexity index is 893. The fourth-order valence-corrected chi connectivity index (χ4v) is 8.06. The molecular formula is C20H24O9. The zero-order valence-corrected chi connectivity index (χ0v) is 16.6. The van der Waals surface area contributed by atoms with Crippen LogP contribution in [-0.4, -0.2) is 63.9 Å². The quantitative estimate of drug-likeness (QED) is 0.408. The predicted molar refractivity (Wildman–Crippen MR) is 90.6 cm³/mol. The number of aliphatic hydroxyl groups is 2. The molecule has 4 aliphatic heterocycles. The molecule has 29 heavy (non-hydrogen) atoms. The van der Waals surface area contributed by atoms with Crippen molar-refractivity contribution in [1.82, 2.24) is 0 Å². The zero-order valence-electron chi connectivity index (χ0n) is 16.6. The Morgan fingerprint density at radius 3 is 2.38 bits per heavy atom. The van der Waals surface area contributed by atoms with Crippen LogP contribution in [0.5, 0.6) is 0 Å². The third-order valence-electron chi connectivity index (χ3n) is 8.97. The number of hydrogen-bond donors (Lipinski definition) is 2. The van der Waals surface area contributed by atoms with Gasteiger partial charge < -0.3 is 29.2 Å². The first-order valence-electron chi connectivity index (χ1n) is 10.1. The number of carbonyl (C=O) groups is 3. The first-order chi connectivity index (χ1) is 13.4. The lowest BCUT2D eigenvalue weighted by Gasteiger charge is -2.46. The van der Waals surface area contributed by atoms with E-state index in [2.05, 4.69) is 0 Å². The van der Waals surface area contributed by atoms with Crippen molar-refractivity contribution in [2.45, 2.75) is 76.3 Å². The summed E-state index contributed by atoms with van der Waals surface area (Å²) in [5.41, 5.74) is -6.81. The van der Waals surface area contributed by atoms with Gasteiger partial charge in [-0.3, -0.25) is 4.79 Å². The van der Waals surface area contributed by atoms with Crippen molar-refractivity contribution in [3.05, 3.63) is 0 Å². The molecule has 0 amide bonds. The lowest BCUT2D eigenvalue weighted by molar-refractivity contribution is -0.238. The van der Waals surface area contributed by atoms with E-state index in [0.29, 0.717) is 6.42 Å². The molecule has 2 aliphatic carbocycles. The zero-order chi connectivity index (χ0) is 20.9. The second-order valence-corrected chi connectivity index (χ2v) is 10.6. The number of rotatable bonds is 0. The van der Waals surface area contributed by atoms with Gasteiger partial charge in [-0.2, -0.15) is 0 Å². The van der Waals surface area contributed by atoms with Crippen LogP contribution in [-0.2, 0) is 33.3 Å². The van der Waals surface area contributed by atoms with Crippen molar-refractivity contribution in [2.75, 3.05) is 0 Å². The number of aliphatic hydroxyl groups excluding tert-OH is 1. The van der Waals surface area contributed by atoms with Gasteiger partial charge in [0, 0.05) is 6.42 Å². The Morgan fingerprint density at radius 2 is 1.72 bits per heavy atom. The first kappa shape index (κ1) is 18.1. The molecule has 4 saturated heterocycles. The second-order valence-electron chi connectivity index (χ2n) is 10.6. The summed E-state index contributed by atoms with van der Waals surface area (Å²) < 4.78 is 22.9. The van der Waals surface area contributed by atoms with Crippen LogP contribution >= 0.6 is 0 Å². The van der Waals surface area contributed by atoms with Crippen molar-refractivity contribution < 1.29 is 43.5 Å². The van der Waals surface area contributed by atoms with Crippen LogP contribution in [0.2, 0.25) is 0 Å². The summed E-state index contributed by atoms with van der Waals surface area (Å²) in [6, 6.07) is 0. The van der Waals surface area contributed by atoms with Crippen molar-refractivity contribution in [3.63, 3.8) is 0 Å². The maximum atomic E-state index is 13.3. The third-order valence-corrected chi connectivity index (χ3v) is 8.97. The Hall–Kier alpha value is -1.71. The van der Waals surface area contributed by atoms with Crippen LogP contribution < -0.4 is 0 Å². The average Bonchev–Trinajstić information content (AvgIpc) is 3.31. The van der Waals surface area contributed by atoms with Gasteiger partial charge >= 0.3 is 17.9 Å². The molecule has 158 valence electrons. The molecule has 9 nitrogen and oxygen atoms in total. The molecule has 9 heteroatoms. The molecule has 0 aromatic heterocycles. The molecule has 2 saturated carbocycles. The molecule has 2 spiro atoms. The van der Waals surface area contributed by atoms with Gasteiger partial charge in [-0.25, -0.2) is 9.59 Å². The van der Waals surface area contributed by atoms with Crippen LogP contribution in [0.15, 0.2) is 0 Å². The molecule has 0 aromatic carbocycles. The van der Waals surface area contributed by atoms with Crippen molar-refractivity contribution in [2.24, 2.45) is 28.1 Å². The van der Waals surface area contributed by atoms with Gasteiger partial charge in [0.1, 0.15) is 12.2 Å². The van der Waals surface area contributed by atoms with Crippen LogP contribution in [0.25, 0.3) is 0 Å². The molecule has 0 aromatic rings. The minimum atomic E-state index is -1.97. The van der Waals surface area contributed by atoms with Crippen LogP contribution in [0.3, 0.4) is 0 Å². The molecular weight excluding hydrogens is 384 g/mol. The van der Waals surface area contributed by atoms with E-state index in [-0.39, 0.29) is 17.8 Å². The van der Waals surface area contributed by atoms with E-state index in [9.17, 15) is 24.6 Å². The fourth-order valence-electron chi connectivity index (χ4n) is 8.06. The van der Waals surface area contributed by atoms with Gasteiger partial charge in [0.15, 0.2) is 11.7 Å². The van der Waals surface area contributed by atoms with Gasteiger partial charge in [0.2, 0.25) is 11.9 Å². The van der Waals surface area contributed by atoms with E-state index < -0.39 is 70.5 Å². The van der Waals surface area contributed by atoms with Gasteiger partial charge in [0.05, 0.1) is 16.7 Å². The summed E-state index contributed by atoms with van der Waals surface area (Å²) in [7, 11) is 0.